The van der Waals surface area contributed by atoms with Crippen molar-refractivity contribution in [1.29, 1.82) is 0 Å². The molecule has 1 fully saturated rings. The zero-order valence-electron chi connectivity index (χ0n) is 12.8. The van der Waals surface area contributed by atoms with Crippen molar-refractivity contribution in [3.63, 3.8) is 0 Å². The highest BCUT2D eigenvalue weighted by molar-refractivity contribution is 5.92. The smallest absolute Gasteiger partial charge is 0.338 e. The fourth-order valence-electron chi connectivity index (χ4n) is 2.32. The number of esters is 1. The van der Waals surface area contributed by atoms with Crippen LogP contribution in [0.1, 0.15) is 35.7 Å². The summed E-state index contributed by atoms with van der Waals surface area (Å²) in [5.41, 5.74) is 1.35. The molecule has 1 N–H and O–H groups in total. The third-order valence-corrected chi connectivity index (χ3v) is 3.63. The Balaban J connectivity index is 1.94. The Kier molecular flexibility index (Phi) is 5.14. The number of likely N-dealkylation sites (tertiary alicyclic amines) is 1. The Bertz CT molecular complexity index is 568. The van der Waals surface area contributed by atoms with Gasteiger partial charge in [0, 0.05) is 26.6 Å². The molecule has 0 radical (unpaired) electrons. The normalized spacial score (nSPS) is 15.5. The first-order valence-corrected chi connectivity index (χ1v) is 7.30. The van der Waals surface area contributed by atoms with Gasteiger partial charge < -0.3 is 15.0 Å². The molecule has 1 heterocycles. The highest BCUT2D eigenvalue weighted by Crippen LogP contribution is 2.15. The van der Waals surface area contributed by atoms with Gasteiger partial charge in [0.2, 0.25) is 5.91 Å². The zero-order chi connectivity index (χ0) is 16.1. The minimum Gasteiger partial charge on any atom is -0.449 e. The minimum atomic E-state index is -0.834. The van der Waals surface area contributed by atoms with E-state index in [0.717, 1.165) is 18.5 Å². The van der Waals surface area contributed by atoms with Gasteiger partial charge in [0.15, 0.2) is 6.10 Å². The average Bonchev–Trinajstić information content (AvgIpc) is 2.92. The fourth-order valence-corrected chi connectivity index (χ4v) is 2.32. The zero-order valence-corrected chi connectivity index (χ0v) is 12.8. The van der Waals surface area contributed by atoms with Crippen LogP contribution in [0.25, 0.3) is 0 Å². The number of carbonyl (C=O) groups excluding carboxylic acids is 3. The van der Waals surface area contributed by atoms with Crippen molar-refractivity contribution in [3.8, 4) is 0 Å². The Hall–Kier alpha value is -2.37. The van der Waals surface area contributed by atoms with Crippen molar-refractivity contribution in [3.05, 3.63) is 35.4 Å². The van der Waals surface area contributed by atoms with E-state index < -0.39 is 12.1 Å². The highest BCUT2D eigenvalue weighted by Gasteiger charge is 2.20. The van der Waals surface area contributed by atoms with Crippen molar-refractivity contribution < 1.29 is 19.1 Å². The van der Waals surface area contributed by atoms with Crippen LogP contribution in [0, 0.1) is 0 Å². The van der Waals surface area contributed by atoms with E-state index in [0.29, 0.717) is 18.5 Å². The van der Waals surface area contributed by atoms with Crippen LogP contribution in [0.3, 0.4) is 0 Å². The maximum Gasteiger partial charge on any atom is 0.338 e. The molecule has 22 heavy (non-hydrogen) atoms. The molecule has 2 amide bonds. The lowest BCUT2D eigenvalue weighted by molar-refractivity contribution is -0.129. The average molecular weight is 304 g/mol. The van der Waals surface area contributed by atoms with E-state index in [1.165, 1.54) is 14.0 Å². The summed E-state index contributed by atoms with van der Waals surface area (Å²) in [6, 6.07) is 6.89. The van der Waals surface area contributed by atoms with Gasteiger partial charge in [0.05, 0.1) is 5.56 Å². The molecule has 1 aliphatic heterocycles. The van der Waals surface area contributed by atoms with E-state index in [1.54, 1.807) is 29.2 Å². The lowest BCUT2D eigenvalue weighted by Crippen LogP contribution is -2.33. The summed E-state index contributed by atoms with van der Waals surface area (Å²) in [6.07, 6.45) is 0.682. The summed E-state index contributed by atoms with van der Waals surface area (Å²) >= 11 is 0. The number of hydrogen-bond acceptors (Lipinski definition) is 4. The quantitative estimate of drug-likeness (QED) is 0.827. The second kappa shape index (κ2) is 7.06. The largest absolute Gasteiger partial charge is 0.449 e. The molecule has 0 aliphatic carbocycles. The fraction of sp³-hybridized carbons (Fsp3) is 0.438. The van der Waals surface area contributed by atoms with Gasteiger partial charge in [-0.05, 0) is 31.0 Å². The summed E-state index contributed by atoms with van der Waals surface area (Å²) < 4.78 is 5.06. The molecular weight excluding hydrogens is 284 g/mol. The molecule has 0 aromatic heterocycles. The summed E-state index contributed by atoms with van der Waals surface area (Å²) in [7, 11) is 1.49. The number of nitrogens with one attached hydrogen (secondary N) is 1. The highest BCUT2D eigenvalue weighted by atomic mass is 16.5. The van der Waals surface area contributed by atoms with Gasteiger partial charge in [-0.25, -0.2) is 4.79 Å². The first kappa shape index (κ1) is 16.0. The lowest BCUT2D eigenvalue weighted by Gasteiger charge is -2.16. The standard InChI is InChI=1S/C16H20N2O4/c1-11(15(20)17-2)22-16(21)13-7-5-12(6-8-13)10-18-9-3-4-14(18)19/h5-8,11H,3-4,9-10H2,1-2H3,(H,17,20)/t11-/m1/s1. The topological polar surface area (TPSA) is 75.7 Å². The molecule has 6 heteroatoms. The van der Waals surface area contributed by atoms with Gasteiger partial charge >= 0.3 is 5.97 Å². The molecule has 1 aliphatic rings. The third kappa shape index (κ3) is 3.84. The van der Waals surface area contributed by atoms with Crippen molar-refractivity contribution in [2.24, 2.45) is 0 Å². The van der Waals surface area contributed by atoms with Crippen LogP contribution >= 0.6 is 0 Å². The van der Waals surface area contributed by atoms with Crippen LogP contribution in [0.2, 0.25) is 0 Å². The van der Waals surface area contributed by atoms with Gasteiger partial charge in [-0.2, -0.15) is 0 Å². The van der Waals surface area contributed by atoms with Gasteiger partial charge in [-0.1, -0.05) is 12.1 Å². The van der Waals surface area contributed by atoms with E-state index in [4.69, 9.17) is 4.74 Å². The number of nitrogens with zero attached hydrogens (tertiary/aromatic N) is 1. The van der Waals surface area contributed by atoms with Crippen molar-refractivity contribution in [1.82, 2.24) is 10.2 Å². The second-order valence-corrected chi connectivity index (χ2v) is 5.28. The second-order valence-electron chi connectivity index (χ2n) is 5.28. The molecular formula is C16H20N2O4. The van der Waals surface area contributed by atoms with E-state index in [2.05, 4.69) is 5.32 Å². The van der Waals surface area contributed by atoms with Crippen molar-refractivity contribution >= 4 is 17.8 Å². The number of hydrogen-bond donors (Lipinski definition) is 1. The van der Waals surface area contributed by atoms with E-state index in [1.807, 2.05) is 0 Å². The molecule has 6 nitrogen and oxygen atoms in total. The molecule has 1 saturated heterocycles. The van der Waals surface area contributed by atoms with Crippen LogP contribution in [0.4, 0.5) is 0 Å². The third-order valence-electron chi connectivity index (χ3n) is 3.63. The number of amides is 2. The minimum absolute atomic E-state index is 0.169. The van der Waals surface area contributed by atoms with Gasteiger partial charge in [-0.3, -0.25) is 9.59 Å². The van der Waals surface area contributed by atoms with Crippen molar-refractivity contribution in [2.75, 3.05) is 13.6 Å². The van der Waals surface area contributed by atoms with Crippen LogP contribution in [-0.2, 0) is 20.9 Å². The summed E-state index contributed by atoms with van der Waals surface area (Å²) in [5, 5.41) is 2.42. The molecule has 1 aromatic rings. The summed E-state index contributed by atoms with van der Waals surface area (Å²) in [5.74, 6) is -0.722. The molecule has 0 bridgehead atoms. The lowest BCUT2D eigenvalue weighted by atomic mass is 10.1. The Morgan fingerprint density at radius 3 is 2.55 bits per heavy atom. The Morgan fingerprint density at radius 2 is 2.00 bits per heavy atom. The molecule has 2 rings (SSSR count). The van der Waals surface area contributed by atoms with E-state index >= 15 is 0 Å². The number of benzene rings is 1. The Labute approximate surface area is 129 Å². The predicted molar refractivity (Wildman–Crippen MR) is 80.0 cm³/mol. The maximum absolute atomic E-state index is 11.9. The van der Waals surface area contributed by atoms with E-state index in [-0.39, 0.29) is 11.8 Å². The Morgan fingerprint density at radius 1 is 1.32 bits per heavy atom. The predicted octanol–water partition coefficient (Wildman–Crippen LogP) is 1.10. The number of rotatable bonds is 5. The van der Waals surface area contributed by atoms with Gasteiger partial charge in [0.25, 0.3) is 5.91 Å². The van der Waals surface area contributed by atoms with Crippen LogP contribution in [0.15, 0.2) is 24.3 Å². The molecule has 1 aromatic carbocycles. The maximum atomic E-state index is 11.9. The number of carbonyl (C=O) groups is 3. The molecule has 0 spiro atoms. The van der Waals surface area contributed by atoms with Crippen molar-refractivity contribution in [2.45, 2.75) is 32.4 Å². The monoisotopic (exact) mass is 304 g/mol. The first-order valence-electron chi connectivity index (χ1n) is 7.30. The molecule has 0 saturated carbocycles. The van der Waals surface area contributed by atoms with Gasteiger partial charge in [-0.15, -0.1) is 0 Å². The SMILES string of the molecule is CNC(=O)[C@@H](C)OC(=O)c1ccc(CN2CCCC2=O)cc1. The van der Waals surface area contributed by atoms with Gasteiger partial charge in [0.1, 0.15) is 0 Å². The van der Waals surface area contributed by atoms with Crippen LogP contribution in [-0.4, -0.2) is 42.4 Å². The van der Waals surface area contributed by atoms with E-state index in [9.17, 15) is 14.4 Å². The first-order chi connectivity index (χ1) is 10.5. The number of likely N-dealkylation sites (N-methyl/N-ethyl adjacent to an activating group) is 1. The summed E-state index contributed by atoms with van der Waals surface area (Å²) in [4.78, 5) is 36.6. The molecule has 0 unspecified atom stereocenters. The number of ether oxygens (including phenoxy) is 1. The van der Waals surface area contributed by atoms with Crippen LogP contribution in [0.5, 0.6) is 0 Å². The molecule has 118 valence electrons. The van der Waals surface area contributed by atoms with Crippen LogP contribution < -0.4 is 5.32 Å². The molecule has 1 atom stereocenters. The summed E-state index contributed by atoms with van der Waals surface area (Å²) in [6.45, 7) is 2.86.